The smallest absolute Gasteiger partial charge is 0.251 e. The van der Waals surface area contributed by atoms with Crippen molar-refractivity contribution in [2.24, 2.45) is 0 Å². The molecule has 118 valence electrons. The van der Waals surface area contributed by atoms with Gasteiger partial charge in [-0.3, -0.25) is 4.79 Å². The average molecular weight is 309 g/mol. The molecule has 3 rings (SSSR count). The van der Waals surface area contributed by atoms with Gasteiger partial charge >= 0.3 is 0 Å². The fraction of sp³-hybridized carbons (Fsp3) is 0.294. The molecule has 0 aliphatic heterocycles. The summed E-state index contributed by atoms with van der Waals surface area (Å²) in [5, 5.41) is 2.92. The van der Waals surface area contributed by atoms with Gasteiger partial charge in [-0.1, -0.05) is 0 Å². The van der Waals surface area contributed by atoms with Crippen LogP contribution >= 0.6 is 0 Å². The van der Waals surface area contributed by atoms with Crippen LogP contribution in [0.4, 0.5) is 0 Å². The molecular formula is C17H19N5O. The van der Waals surface area contributed by atoms with Crippen molar-refractivity contribution in [1.82, 2.24) is 25.3 Å². The van der Waals surface area contributed by atoms with E-state index in [4.69, 9.17) is 0 Å². The number of benzene rings is 1. The standard InChI is InChI=1S/C17H19N5O/c1-11-12(2)22-15-10-13(5-6-14(15)21-11)17(23)20-7-3-4-16-18-8-9-19-16/h5-6,8-10H,3-4,7H2,1-2H3,(H,18,19)(H,20,23). The second-order valence-corrected chi connectivity index (χ2v) is 5.49. The number of carbonyl (C=O) groups excluding carboxylic acids is 1. The molecule has 0 spiro atoms. The molecule has 2 aromatic heterocycles. The molecule has 23 heavy (non-hydrogen) atoms. The van der Waals surface area contributed by atoms with Crippen molar-refractivity contribution in [3.63, 3.8) is 0 Å². The van der Waals surface area contributed by atoms with E-state index in [1.54, 1.807) is 24.5 Å². The highest BCUT2D eigenvalue weighted by atomic mass is 16.1. The summed E-state index contributed by atoms with van der Waals surface area (Å²) < 4.78 is 0. The first-order valence-corrected chi connectivity index (χ1v) is 7.65. The fourth-order valence-corrected chi connectivity index (χ4v) is 2.37. The van der Waals surface area contributed by atoms with Crippen molar-refractivity contribution in [2.45, 2.75) is 26.7 Å². The molecule has 0 aliphatic rings. The summed E-state index contributed by atoms with van der Waals surface area (Å²) in [6.07, 6.45) is 5.18. The quantitative estimate of drug-likeness (QED) is 0.709. The van der Waals surface area contributed by atoms with Gasteiger partial charge in [0.25, 0.3) is 5.91 Å². The molecule has 6 heteroatoms. The van der Waals surface area contributed by atoms with Gasteiger partial charge < -0.3 is 10.3 Å². The number of imidazole rings is 1. The summed E-state index contributed by atoms with van der Waals surface area (Å²) in [4.78, 5) is 28.4. The Morgan fingerprint density at radius 1 is 1.17 bits per heavy atom. The van der Waals surface area contributed by atoms with Crippen molar-refractivity contribution in [1.29, 1.82) is 0 Å². The maximum absolute atomic E-state index is 12.2. The number of fused-ring (bicyclic) bond motifs is 1. The molecule has 0 unspecified atom stereocenters. The van der Waals surface area contributed by atoms with Gasteiger partial charge in [-0.15, -0.1) is 0 Å². The average Bonchev–Trinajstić information content (AvgIpc) is 3.05. The van der Waals surface area contributed by atoms with E-state index in [1.807, 2.05) is 19.9 Å². The van der Waals surface area contributed by atoms with Gasteiger partial charge in [0.2, 0.25) is 0 Å². The number of nitrogens with zero attached hydrogens (tertiary/aromatic N) is 3. The van der Waals surface area contributed by atoms with Crippen LogP contribution in [0.3, 0.4) is 0 Å². The predicted octanol–water partition coefficient (Wildman–Crippen LogP) is 2.33. The van der Waals surface area contributed by atoms with Crippen molar-refractivity contribution >= 4 is 16.9 Å². The largest absolute Gasteiger partial charge is 0.352 e. The predicted molar refractivity (Wildman–Crippen MR) is 88.3 cm³/mol. The minimum atomic E-state index is -0.0913. The summed E-state index contributed by atoms with van der Waals surface area (Å²) in [7, 11) is 0. The normalized spacial score (nSPS) is 10.9. The van der Waals surface area contributed by atoms with E-state index in [1.165, 1.54) is 0 Å². The van der Waals surface area contributed by atoms with Crippen LogP contribution in [0.2, 0.25) is 0 Å². The molecule has 0 radical (unpaired) electrons. The molecule has 0 bridgehead atoms. The lowest BCUT2D eigenvalue weighted by atomic mass is 10.1. The zero-order valence-corrected chi connectivity index (χ0v) is 13.3. The second-order valence-electron chi connectivity index (χ2n) is 5.49. The van der Waals surface area contributed by atoms with Crippen LogP contribution in [0.25, 0.3) is 11.0 Å². The molecule has 0 saturated heterocycles. The van der Waals surface area contributed by atoms with Crippen LogP contribution in [-0.2, 0) is 6.42 Å². The van der Waals surface area contributed by atoms with Crippen LogP contribution < -0.4 is 5.32 Å². The number of aromatic amines is 1. The van der Waals surface area contributed by atoms with Crippen molar-refractivity contribution < 1.29 is 4.79 Å². The summed E-state index contributed by atoms with van der Waals surface area (Å²) in [5.74, 6) is 0.845. The fourth-order valence-electron chi connectivity index (χ4n) is 2.37. The molecule has 0 saturated carbocycles. The molecule has 2 heterocycles. The van der Waals surface area contributed by atoms with E-state index in [-0.39, 0.29) is 5.91 Å². The van der Waals surface area contributed by atoms with E-state index in [2.05, 4.69) is 25.3 Å². The minimum absolute atomic E-state index is 0.0913. The molecular weight excluding hydrogens is 290 g/mol. The summed E-state index contributed by atoms with van der Waals surface area (Å²) >= 11 is 0. The molecule has 1 amide bonds. The number of rotatable bonds is 5. The Morgan fingerprint density at radius 2 is 1.96 bits per heavy atom. The zero-order valence-electron chi connectivity index (χ0n) is 13.3. The Kier molecular flexibility index (Phi) is 4.32. The zero-order chi connectivity index (χ0) is 16.2. The maximum Gasteiger partial charge on any atom is 0.251 e. The third kappa shape index (κ3) is 3.53. The molecule has 0 atom stereocenters. The molecule has 0 aliphatic carbocycles. The Balaban J connectivity index is 1.62. The minimum Gasteiger partial charge on any atom is -0.352 e. The number of H-pyrrole nitrogens is 1. The molecule has 6 nitrogen and oxygen atoms in total. The van der Waals surface area contributed by atoms with E-state index >= 15 is 0 Å². The van der Waals surface area contributed by atoms with Crippen molar-refractivity contribution in [2.75, 3.05) is 6.54 Å². The maximum atomic E-state index is 12.2. The highest BCUT2D eigenvalue weighted by molar-refractivity contribution is 5.97. The lowest BCUT2D eigenvalue weighted by Crippen LogP contribution is -2.24. The SMILES string of the molecule is Cc1nc2ccc(C(=O)NCCCc3ncc[nH]3)cc2nc1C. The van der Waals surface area contributed by atoms with Gasteiger partial charge in [0, 0.05) is 30.9 Å². The molecule has 2 N–H and O–H groups in total. The molecule has 1 aromatic carbocycles. The highest BCUT2D eigenvalue weighted by Gasteiger charge is 2.08. The van der Waals surface area contributed by atoms with Crippen LogP contribution in [0.5, 0.6) is 0 Å². The first-order chi connectivity index (χ1) is 11.1. The van der Waals surface area contributed by atoms with Crippen LogP contribution in [0, 0.1) is 13.8 Å². The second kappa shape index (κ2) is 6.56. The van der Waals surface area contributed by atoms with Crippen LogP contribution in [0.1, 0.15) is 34.0 Å². The van der Waals surface area contributed by atoms with Gasteiger partial charge in [-0.05, 0) is 38.5 Å². The topological polar surface area (TPSA) is 83.6 Å². The summed E-state index contributed by atoms with van der Waals surface area (Å²) in [6, 6.07) is 5.41. The Morgan fingerprint density at radius 3 is 2.70 bits per heavy atom. The van der Waals surface area contributed by atoms with Gasteiger partial charge in [-0.2, -0.15) is 0 Å². The van der Waals surface area contributed by atoms with Gasteiger partial charge in [0.15, 0.2) is 0 Å². The number of hydrogen-bond donors (Lipinski definition) is 2. The van der Waals surface area contributed by atoms with Crippen molar-refractivity contribution in [3.8, 4) is 0 Å². The first-order valence-electron chi connectivity index (χ1n) is 7.65. The van der Waals surface area contributed by atoms with E-state index in [9.17, 15) is 4.79 Å². The number of aryl methyl sites for hydroxylation is 3. The number of nitrogens with one attached hydrogen (secondary N) is 2. The monoisotopic (exact) mass is 309 g/mol. The van der Waals surface area contributed by atoms with E-state index in [0.29, 0.717) is 12.1 Å². The van der Waals surface area contributed by atoms with E-state index < -0.39 is 0 Å². The summed E-state index contributed by atoms with van der Waals surface area (Å²) in [5.41, 5.74) is 3.95. The number of carbonyl (C=O) groups is 1. The van der Waals surface area contributed by atoms with Gasteiger partial charge in [0.05, 0.1) is 22.4 Å². The molecule has 0 fully saturated rings. The third-order valence-electron chi connectivity index (χ3n) is 3.77. The third-order valence-corrected chi connectivity index (χ3v) is 3.77. The number of hydrogen-bond acceptors (Lipinski definition) is 4. The Bertz CT molecular complexity index is 826. The highest BCUT2D eigenvalue weighted by Crippen LogP contribution is 2.14. The number of amides is 1. The van der Waals surface area contributed by atoms with Crippen molar-refractivity contribution in [3.05, 3.63) is 53.4 Å². The Labute approximate surface area is 134 Å². The number of aromatic nitrogens is 4. The first kappa shape index (κ1) is 15.1. The Hall–Kier alpha value is -2.76. The molecule has 3 aromatic rings. The van der Waals surface area contributed by atoms with Crippen LogP contribution in [-0.4, -0.2) is 32.4 Å². The lowest BCUT2D eigenvalue weighted by Gasteiger charge is -2.07. The lowest BCUT2D eigenvalue weighted by molar-refractivity contribution is 0.0953. The van der Waals surface area contributed by atoms with Gasteiger partial charge in [-0.25, -0.2) is 15.0 Å². The van der Waals surface area contributed by atoms with Gasteiger partial charge in [0.1, 0.15) is 5.82 Å². The van der Waals surface area contributed by atoms with E-state index in [0.717, 1.165) is 41.1 Å². The summed E-state index contributed by atoms with van der Waals surface area (Å²) in [6.45, 7) is 4.46. The van der Waals surface area contributed by atoms with Crippen LogP contribution in [0.15, 0.2) is 30.6 Å².